The zero-order valence-corrected chi connectivity index (χ0v) is 10.2. The Morgan fingerprint density at radius 1 is 1.50 bits per heavy atom. The second-order valence-electron chi connectivity index (χ2n) is 3.82. The lowest BCUT2D eigenvalue weighted by Crippen LogP contribution is -2.31. The highest BCUT2D eigenvalue weighted by Gasteiger charge is 2.22. The van der Waals surface area contributed by atoms with Crippen LogP contribution < -0.4 is 10.6 Å². The molecule has 0 saturated heterocycles. The normalized spacial score (nSPS) is 14.6. The topological polar surface area (TPSA) is 41.1 Å². The summed E-state index contributed by atoms with van der Waals surface area (Å²) in [4.78, 5) is 11.4. The Morgan fingerprint density at radius 2 is 2.25 bits per heavy atom. The van der Waals surface area contributed by atoms with Gasteiger partial charge in [-0.05, 0) is 47.0 Å². The average molecular weight is 287 g/mol. The Morgan fingerprint density at radius 3 is 2.88 bits per heavy atom. The molecule has 3 nitrogen and oxygen atoms in total. The van der Waals surface area contributed by atoms with Crippen molar-refractivity contribution in [1.29, 1.82) is 0 Å². The molecule has 1 saturated carbocycles. The van der Waals surface area contributed by atoms with Crippen LogP contribution in [0.25, 0.3) is 0 Å². The van der Waals surface area contributed by atoms with Gasteiger partial charge in [-0.2, -0.15) is 0 Å². The van der Waals surface area contributed by atoms with Gasteiger partial charge in [0.15, 0.2) is 0 Å². The first kappa shape index (κ1) is 11.4. The van der Waals surface area contributed by atoms with Crippen molar-refractivity contribution in [3.8, 4) is 0 Å². The minimum Gasteiger partial charge on any atom is -0.375 e. The van der Waals surface area contributed by atoms with Crippen LogP contribution in [0.5, 0.6) is 0 Å². The summed E-state index contributed by atoms with van der Waals surface area (Å²) in [5.41, 5.74) is 0.715. The maximum atomic E-state index is 12.8. The molecule has 0 unspecified atom stereocenters. The number of anilines is 1. The number of halogens is 2. The van der Waals surface area contributed by atoms with E-state index in [4.69, 9.17) is 0 Å². The molecule has 1 amide bonds. The highest BCUT2D eigenvalue weighted by Crippen LogP contribution is 2.23. The van der Waals surface area contributed by atoms with Crippen LogP contribution in [-0.2, 0) is 4.79 Å². The summed E-state index contributed by atoms with van der Waals surface area (Å²) >= 11 is 3.23. The summed E-state index contributed by atoms with van der Waals surface area (Å²) in [5, 5.41) is 5.81. The predicted molar refractivity (Wildman–Crippen MR) is 63.8 cm³/mol. The number of rotatable bonds is 4. The van der Waals surface area contributed by atoms with Crippen LogP contribution in [0.1, 0.15) is 12.8 Å². The van der Waals surface area contributed by atoms with E-state index in [1.807, 2.05) is 0 Å². The van der Waals surface area contributed by atoms with Crippen molar-refractivity contribution in [1.82, 2.24) is 5.32 Å². The second kappa shape index (κ2) is 4.82. The molecule has 1 aromatic rings. The van der Waals surface area contributed by atoms with Crippen molar-refractivity contribution >= 4 is 27.5 Å². The highest BCUT2D eigenvalue weighted by atomic mass is 79.9. The van der Waals surface area contributed by atoms with Gasteiger partial charge in [0.1, 0.15) is 5.82 Å². The average Bonchev–Trinajstić information content (AvgIpc) is 3.00. The van der Waals surface area contributed by atoms with Gasteiger partial charge in [0.05, 0.1) is 6.54 Å². The van der Waals surface area contributed by atoms with Gasteiger partial charge in [-0.3, -0.25) is 4.79 Å². The zero-order valence-electron chi connectivity index (χ0n) is 8.59. The molecule has 0 aliphatic heterocycles. The summed E-state index contributed by atoms with van der Waals surface area (Å²) in [6.07, 6.45) is 2.15. The number of hydrogen-bond acceptors (Lipinski definition) is 2. The Kier molecular flexibility index (Phi) is 3.43. The molecule has 0 aromatic heterocycles. The molecule has 0 atom stereocenters. The number of hydrogen-bond donors (Lipinski definition) is 2. The Hall–Kier alpha value is -1.10. The third-order valence-electron chi connectivity index (χ3n) is 2.31. The van der Waals surface area contributed by atoms with Crippen LogP contribution in [0.4, 0.5) is 10.1 Å². The van der Waals surface area contributed by atoms with Gasteiger partial charge in [-0.1, -0.05) is 0 Å². The molecule has 0 spiro atoms. The molecule has 5 heteroatoms. The number of amides is 1. The minimum atomic E-state index is -0.306. The minimum absolute atomic E-state index is 0.0290. The summed E-state index contributed by atoms with van der Waals surface area (Å²) in [5.74, 6) is -0.335. The van der Waals surface area contributed by atoms with Crippen molar-refractivity contribution in [3.63, 3.8) is 0 Å². The second-order valence-corrected chi connectivity index (χ2v) is 4.67. The molecular formula is C11H12BrFN2O. The van der Waals surface area contributed by atoms with E-state index in [-0.39, 0.29) is 18.3 Å². The standard InChI is InChI=1S/C11H12BrFN2O/c12-9-5-7(13)1-4-10(9)14-6-11(16)15-8-2-3-8/h1,4-5,8,14H,2-3,6H2,(H,15,16). The van der Waals surface area contributed by atoms with Crippen molar-refractivity contribution < 1.29 is 9.18 Å². The first-order valence-electron chi connectivity index (χ1n) is 5.13. The number of carbonyl (C=O) groups excluding carboxylic acids is 1. The summed E-state index contributed by atoms with van der Waals surface area (Å²) in [7, 11) is 0. The van der Waals surface area contributed by atoms with E-state index in [2.05, 4.69) is 26.6 Å². The van der Waals surface area contributed by atoms with E-state index in [0.29, 0.717) is 16.2 Å². The lowest BCUT2D eigenvalue weighted by Gasteiger charge is -2.08. The zero-order chi connectivity index (χ0) is 11.5. The number of benzene rings is 1. The maximum absolute atomic E-state index is 12.8. The predicted octanol–water partition coefficient (Wildman–Crippen LogP) is 2.28. The van der Waals surface area contributed by atoms with E-state index < -0.39 is 0 Å². The fraction of sp³-hybridized carbons (Fsp3) is 0.364. The van der Waals surface area contributed by atoms with Crippen molar-refractivity contribution in [2.45, 2.75) is 18.9 Å². The molecule has 0 radical (unpaired) electrons. The quantitative estimate of drug-likeness (QED) is 0.892. The fourth-order valence-corrected chi connectivity index (χ4v) is 1.81. The molecule has 1 fully saturated rings. The molecule has 16 heavy (non-hydrogen) atoms. The third-order valence-corrected chi connectivity index (χ3v) is 2.97. The van der Waals surface area contributed by atoms with E-state index in [0.717, 1.165) is 12.8 Å². The lowest BCUT2D eigenvalue weighted by molar-refractivity contribution is -0.119. The van der Waals surface area contributed by atoms with E-state index in [9.17, 15) is 9.18 Å². The van der Waals surface area contributed by atoms with Gasteiger partial charge in [0.2, 0.25) is 5.91 Å². The summed E-state index contributed by atoms with van der Waals surface area (Å²) in [6, 6.07) is 4.68. The molecule has 1 aromatic carbocycles. The lowest BCUT2D eigenvalue weighted by atomic mass is 10.3. The van der Waals surface area contributed by atoms with Crippen LogP contribution in [0.3, 0.4) is 0 Å². The molecule has 0 bridgehead atoms. The first-order chi connectivity index (χ1) is 7.65. The Labute approximate surface area is 102 Å². The fourth-order valence-electron chi connectivity index (χ4n) is 1.31. The third kappa shape index (κ3) is 3.20. The van der Waals surface area contributed by atoms with Crippen LogP contribution in [0.15, 0.2) is 22.7 Å². The molecule has 2 rings (SSSR count). The van der Waals surface area contributed by atoms with Gasteiger partial charge in [-0.25, -0.2) is 4.39 Å². The molecule has 0 heterocycles. The van der Waals surface area contributed by atoms with Crippen LogP contribution in [-0.4, -0.2) is 18.5 Å². The highest BCUT2D eigenvalue weighted by molar-refractivity contribution is 9.10. The molecule has 1 aliphatic carbocycles. The van der Waals surface area contributed by atoms with Gasteiger partial charge in [0, 0.05) is 16.2 Å². The van der Waals surface area contributed by atoms with Gasteiger partial charge in [0.25, 0.3) is 0 Å². The summed E-state index contributed by atoms with van der Waals surface area (Å²) < 4.78 is 13.4. The molecule has 2 N–H and O–H groups in total. The Bertz CT molecular complexity index is 407. The molecule has 86 valence electrons. The van der Waals surface area contributed by atoms with Gasteiger partial charge < -0.3 is 10.6 Å². The van der Waals surface area contributed by atoms with E-state index in [1.165, 1.54) is 12.1 Å². The molecule has 1 aliphatic rings. The monoisotopic (exact) mass is 286 g/mol. The first-order valence-corrected chi connectivity index (χ1v) is 5.93. The van der Waals surface area contributed by atoms with E-state index in [1.54, 1.807) is 6.07 Å². The molecular weight excluding hydrogens is 275 g/mol. The van der Waals surface area contributed by atoms with Crippen LogP contribution in [0, 0.1) is 5.82 Å². The van der Waals surface area contributed by atoms with E-state index >= 15 is 0 Å². The van der Waals surface area contributed by atoms with Gasteiger partial charge in [-0.15, -0.1) is 0 Å². The van der Waals surface area contributed by atoms with Crippen molar-refractivity contribution in [2.75, 3.05) is 11.9 Å². The van der Waals surface area contributed by atoms with Gasteiger partial charge >= 0.3 is 0 Å². The van der Waals surface area contributed by atoms with Crippen LogP contribution >= 0.6 is 15.9 Å². The smallest absolute Gasteiger partial charge is 0.239 e. The number of carbonyl (C=O) groups is 1. The van der Waals surface area contributed by atoms with Crippen LogP contribution in [0.2, 0.25) is 0 Å². The summed E-state index contributed by atoms with van der Waals surface area (Å²) in [6.45, 7) is 0.209. The number of nitrogens with one attached hydrogen (secondary N) is 2. The SMILES string of the molecule is O=C(CNc1ccc(F)cc1Br)NC1CC1. The largest absolute Gasteiger partial charge is 0.375 e. The van der Waals surface area contributed by atoms with Crippen molar-refractivity contribution in [2.24, 2.45) is 0 Å². The maximum Gasteiger partial charge on any atom is 0.239 e. The Balaban J connectivity index is 1.85. The van der Waals surface area contributed by atoms with Crippen molar-refractivity contribution in [3.05, 3.63) is 28.5 Å².